The number of carbonyl (C=O) groups excluding carboxylic acids is 1. The van der Waals surface area contributed by atoms with Gasteiger partial charge in [-0.25, -0.2) is 13.0 Å². The van der Waals surface area contributed by atoms with E-state index in [2.05, 4.69) is 16.2 Å². The van der Waals surface area contributed by atoms with Gasteiger partial charge in [0, 0.05) is 29.5 Å². The van der Waals surface area contributed by atoms with E-state index in [1.54, 1.807) is 53.1 Å². The molecule has 0 spiro atoms. The maximum Gasteiger partial charge on any atom is 0.401 e. The van der Waals surface area contributed by atoms with Gasteiger partial charge in [-0.1, -0.05) is 18.2 Å². The van der Waals surface area contributed by atoms with Crippen molar-refractivity contribution in [2.24, 2.45) is 5.73 Å². The first-order valence-electron chi connectivity index (χ1n) is 10.5. The average Bonchev–Trinajstić information content (AvgIpc) is 3.64. The lowest BCUT2D eigenvalue weighted by atomic mass is 9.94. The largest absolute Gasteiger partial charge is 0.401 e. The number of hydrogen-bond acceptors (Lipinski definition) is 4. The van der Waals surface area contributed by atoms with E-state index in [9.17, 15) is 13.2 Å². The van der Waals surface area contributed by atoms with Gasteiger partial charge in [-0.3, -0.25) is 4.79 Å². The molecule has 0 radical (unpaired) electrons. The van der Waals surface area contributed by atoms with Crippen LogP contribution in [0.4, 0.5) is 5.69 Å². The second-order valence-electron chi connectivity index (χ2n) is 8.16. The minimum Gasteiger partial charge on any atom is -0.318 e. The molecule has 1 atom stereocenters. The molecule has 4 rings (SSSR count). The molecule has 168 valence electrons. The average molecular weight is 464 g/mol. The van der Waals surface area contributed by atoms with Crippen LogP contribution in [0.2, 0.25) is 0 Å². The normalized spacial score (nSPS) is 18.3. The zero-order valence-electron chi connectivity index (χ0n) is 18.2. The number of benzene rings is 2. The molecule has 1 amide bonds. The van der Waals surface area contributed by atoms with Gasteiger partial charge >= 0.3 is 11.6 Å². The number of nitrogens with one attached hydrogen (secondary N) is 2. The Morgan fingerprint density at radius 2 is 1.97 bits per heavy atom. The summed E-state index contributed by atoms with van der Waals surface area (Å²) in [5.41, 5.74) is 8.66. The molecule has 2 aliphatic rings. The maximum atomic E-state index is 12.8. The fourth-order valence-corrected chi connectivity index (χ4v) is 4.27. The van der Waals surface area contributed by atoms with Gasteiger partial charge in [0.05, 0.1) is 17.4 Å². The Balaban J connectivity index is 1.51. The van der Waals surface area contributed by atoms with E-state index in [-0.39, 0.29) is 28.5 Å². The molecule has 4 N–H and O–H groups in total. The predicted molar refractivity (Wildman–Crippen MR) is 128 cm³/mol. The quantitative estimate of drug-likeness (QED) is 0.332. The van der Waals surface area contributed by atoms with E-state index in [1.807, 2.05) is 6.07 Å². The van der Waals surface area contributed by atoms with E-state index in [0.29, 0.717) is 17.9 Å². The summed E-state index contributed by atoms with van der Waals surface area (Å²) in [6.07, 6.45) is 6.67. The first-order chi connectivity index (χ1) is 15.8. The summed E-state index contributed by atoms with van der Waals surface area (Å²) in [6.45, 7) is 0. The molecule has 1 saturated carbocycles. The van der Waals surface area contributed by atoms with Crippen LogP contribution >= 0.6 is 0 Å². The minimum atomic E-state index is -3.27. The molecule has 1 aliphatic heterocycles. The van der Waals surface area contributed by atoms with Crippen LogP contribution in [-0.2, 0) is 14.6 Å². The summed E-state index contributed by atoms with van der Waals surface area (Å²) < 4.78 is 25.1. The van der Waals surface area contributed by atoms with E-state index in [4.69, 9.17) is 11.1 Å². The van der Waals surface area contributed by atoms with Crippen LogP contribution in [0.3, 0.4) is 0 Å². The Morgan fingerprint density at radius 1 is 1.24 bits per heavy atom. The van der Waals surface area contributed by atoms with Crippen molar-refractivity contribution in [3.8, 4) is 6.07 Å². The van der Waals surface area contributed by atoms with Gasteiger partial charge in [-0.05, 0) is 53.6 Å². The van der Waals surface area contributed by atoms with Crippen molar-refractivity contribution in [3.63, 3.8) is 0 Å². The fourth-order valence-electron chi connectivity index (χ4n) is 3.64. The van der Waals surface area contributed by atoms with Crippen LogP contribution in [0.15, 0.2) is 65.2 Å². The van der Waals surface area contributed by atoms with Crippen molar-refractivity contribution in [1.29, 1.82) is 5.41 Å². The van der Waals surface area contributed by atoms with Crippen LogP contribution < -0.4 is 11.1 Å². The smallest absolute Gasteiger partial charge is 0.318 e. The fraction of sp³-hybridized carbons (Fsp3) is 0.250. The molecule has 0 aromatic heterocycles. The Labute approximate surface area is 192 Å². The van der Waals surface area contributed by atoms with Gasteiger partial charge in [-0.2, -0.15) is 5.41 Å². The molecule has 1 heterocycles. The van der Waals surface area contributed by atoms with Gasteiger partial charge < -0.3 is 11.1 Å². The summed E-state index contributed by atoms with van der Waals surface area (Å²) in [5.74, 6) is -0.0296. The summed E-state index contributed by atoms with van der Waals surface area (Å²) in [5, 5.41) is 10.5. The Hall–Kier alpha value is -3.77. The summed E-state index contributed by atoms with van der Waals surface area (Å²) >= 11 is 0. The molecule has 2 aromatic rings. The number of amidine groups is 1. The summed E-state index contributed by atoms with van der Waals surface area (Å²) in [6, 6.07) is 16.9. The van der Waals surface area contributed by atoms with Crippen molar-refractivity contribution >= 4 is 33.6 Å². The standard InChI is InChI=1S/C24H23N5O3S/c1-33(31,32)21-9-5-16(6-10-21)17-11-12-27-22(14-17)24(30)28-19-4-2-3-18(13-19)23(26)29(15-25)20-7-8-20/h2-6,9-10,13-15,17,20,25-26H,7-8,11H2,1H3/p+2. The SMILES string of the molecule is CS(=O)(=O)c1ccc(C2C=C(C(=O)Nc3cccc(C(N)=[N+](C=N)C4CC4)c3)[N+]#CC2)cc1. The molecule has 33 heavy (non-hydrogen) atoms. The van der Waals surface area contributed by atoms with E-state index < -0.39 is 9.84 Å². The predicted octanol–water partition coefficient (Wildman–Crippen LogP) is 2.92. The molecule has 2 aromatic carbocycles. The van der Waals surface area contributed by atoms with Crippen LogP contribution in [-0.4, -0.2) is 43.4 Å². The highest BCUT2D eigenvalue weighted by molar-refractivity contribution is 7.90. The maximum absolute atomic E-state index is 12.8. The van der Waals surface area contributed by atoms with E-state index in [1.165, 1.54) is 12.6 Å². The van der Waals surface area contributed by atoms with Crippen molar-refractivity contribution in [3.05, 3.63) is 76.3 Å². The Morgan fingerprint density at radius 3 is 2.61 bits per heavy atom. The second kappa shape index (κ2) is 9.00. The lowest BCUT2D eigenvalue weighted by Crippen LogP contribution is -2.30. The third-order valence-electron chi connectivity index (χ3n) is 5.61. The van der Waals surface area contributed by atoms with Gasteiger partial charge in [0.15, 0.2) is 9.84 Å². The molecule has 9 heteroatoms. The number of anilines is 1. The molecule has 0 bridgehead atoms. The zero-order chi connectivity index (χ0) is 23.6. The number of carbonyl (C=O) groups is 1. The number of nitrogens with zero attached hydrogens (tertiary/aromatic N) is 2. The molecule has 0 saturated heterocycles. The van der Waals surface area contributed by atoms with Crippen molar-refractivity contribution in [2.75, 3.05) is 11.6 Å². The topological polar surface area (TPSA) is 120 Å². The molecular weight excluding hydrogens is 438 g/mol. The first-order valence-corrected chi connectivity index (χ1v) is 12.4. The Bertz CT molecular complexity index is 1340. The monoisotopic (exact) mass is 463 g/mol. The number of hydrogen-bond donors (Lipinski definition) is 3. The van der Waals surface area contributed by atoms with E-state index >= 15 is 0 Å². The first kappa shape index (κ1) is 22.4. The van der Waals surface area contributed by atoms with Crippen LogP contribution in [0.5, 0.6) is 0 Å². The van der Waals surface area contributed by atoms with E-state index in [0.717, 1.165) is 24.0 Å². The molecule has 8 nitrogen and oxygen atoms in total. The van der Waals surface area contributed by atoms with Crippen molar-refractivity contribution < 1.29 is 17.8 Å². The molecule has 1 fully saturated rings. The highest BCUT2D eigenvalue weighted by atomic mass is 32.2. The molecule has 1 aliphatic carbocycles. The van der Waals surface area contributed by atoms with Crippen LogP contribution in [0.25, 0.3) is 4.85 Å². The van der Waals surface area contributed by atoms with Crippen LogP contribution in [0.1, 0.15) is 36.3 Å². The number of rotatable bonds is 7. The number of sulfone groups is 1. The minimum absolute atomic E-state index is 0.133. The van der Waals surface area contributed by atoms with Gasteiger partial charge in [-0.15, -0.1) is 0 Å². The lowest BCUT2D eigenvalue weighted by molar-refractivity contribution is -0.416. The molecule has 1 unspecified atom stereocenters. The van der Waals surface area contributed by atoms with Crippen molar-refractivity contribution in [2.45, 2.75) is 36.1 Å². The number of amides is 1. The summed E-state index contributed by atoms with van der Waals surface area (Å²) in [4.78, 5) is 17.2. The number of allylic oxidation sites excluding steroid dienone is 1. The van der Waals surface area contributed by atoms with Crippen LogP contribution in [0, 0.1) is 11.5 Å². The highest BCUT2D eigenvalue weighted by Gasteiger charge is 2.30. The Kier molecular flexibility index (Phi) is 6.11. The highest BCUT2D eigenvalue weighted by Crippen LogP contribution is 2.28. The molecular formula is C24H25N5O3S+2. The van der Waals surface area contributed by atoms with Crippen molar-refractivity contribution in [1.82, 2.24) is 0 Å². The third kappa shape index (κ3) is 5.18. The summed E-state index contributed by atoms with van der Waals surface area (Å²) in [7, 11) is -3.27. The zero-order valence-corrected chi connectivity index (χ0v) is 19.0. The number of nitrogens with two attached hydrogens (primary N) is 1. The van der Waals surface area contributed by atoms with Gasteiger partial charge in [0.2, 0.25) is 12.2 Å². The van der Waals surface area contributed by atoms with Gasteiger partial charge in [0.1, 0.15) is 0 Å². The third-order valence-corrected chi connectivity index (χ3v) is 6.74. The second-order valence-corrected chi connectivity index (χ2v) is 10.2. The van der Waals surface area contributed by atoms with Gasteiger partial charge in [0.25, 0.3) is 6.07 Å². The lowest BCUT2D eigenvalue weighted by Gasteiger charge is -2.10.